The van der Waals surface area contributed by atoms with E-state index in [0.717, 1.165) is 19.3 Å². The van der Waals surface area contributed by atoms with Crippen molar-refractivity contribution >= 4 is 17.9 Å². The predicted molar refractivity (Wildman–Crippen MR) is 186 cm³/mol. The molecule has 1 fully saturated rings. The van der Waals surface area contributed by atoms with E-state index in [1.54, 1.807) is 37.3 Å². The highest BCUT2D eigenvalue weighted by atomic mass is 16.6. The molecule has 10 nitrogen and oxygen atoms in total. The number of aryl methyl sites for hydroxylation is 1. The quantitative estimate of drug-likeness (QED) is 0.253. The minimum atomic E-state index is -0.633. The van der Waals surface area contributed by atoms with Crippen molar-refractivity contribution < 1.29 is 33.3 Å². The van der Waals surface area contributed by atoms with Crippen molar-refractivity contribution in [2.75, 3.05) is 60.7 Å². The molecule has 10 heteroatoms. The van der Waals surface area contributed by atoms with E-state index in [-0.39, 0.29) is 41.7 Å². The molecule has 0 aromatic heterocycles. The molecule has 264 valence electrons. The molecule has 48 heavy (non-hydrogen) atoms. The van der Waals surface area contributed by atoms with Crippen LogP contribution in [-0.4, -0.2) is 105 Å². The number of nitrogens with zero attached hydrogens (tertiary/aromatic N) is 3. The average molecular weight is 666 g/mol. The molecule has 0 spiro atoms. The van der Waals surface area contributed by atoms with Crippen LogP contribution in [0, 0.1) is 17.8 Å². The summed E-state index contributed by atoms with van der Waals surface area (Å²) in [4.78, 5) is 46.5. The van der Waals surface area contributed by atoms with Gasteiger partial charge in [0.15, 0.2) is 11.5 Å². The molecule has 1 aliphatic heterocycles. The maximum Gasteiger partial charge on any atom is 0.410 e. The molecular weight excluding hydrogens is 610 g/mol. The number of carbonyl (C=O) groups is 3. The van der Waals surface area contributed by atoms with Gasteiger partial charge >= 0.3 is 6.09 Å². The molecule has 1 saturated heterocycles. The summed E-state index contributed by atoms with van der Waals surface area (Å²) < 4.78 is 22.3. The summed E-state index contributed by atoms with van der Waals surface area (Å²) in [6.07, 6.45) is 2.80. The zero-order valence-corrected chi connectivity index (χ0v) is 30.1. The van der Waals surface area contributed by atoms with E-state index in [2.05, 4.69) is 18.2 Å². The van der Waals surface area contributed by atoms with Crippen molar-refractivity contribution in [1.29, 1.82) is 0 Å². The predicted octanol–water partition coefficient (Wildman–Crippen LogP) is 5.71. The molecular formula is C38H55N3O7. The fraction of sp³-hybridized carbons (Fsp3) is 0.605. The minimum Gasteiger partial charge on any atom is -0.493 e. The van der Waals surface area contributed by atoms with Crippen LogP contribution in [0.2, 0.25) is 0 Å². The van der Waals surface area contributed by atoms with Crippen LogP contribution in [0.15, 0.2) is 42.5 Å². The zero-order valence-electron chi connectivity index (χ0n) is 30.1. The number of hydrogen-bond donors (Lipinski definition) is 0. The molecule has 1 unspecified atom stereocenters. The third-order valence-corrected chi connectivity index (χ3v) is 9.29. The third kappa shape index (κ3) is 9.65. The maximum atomic E-state index is 14.1. The smallest absolute Gasteiger partial charge is 0.410 e. The molecule has 0 radical (unpaired) electrons. The van der Waals surface area contributed by atoms with E-state index >= 15 is 0 Å². The monoisotopic (exact) mass is 665 g/mol. The number of hydrogen-bond acceptors (Lipinski definition) is 7. The number of amides is 3. The number of likely N-dealkylation sites (tertiary alicyclic amines) is 1. The highest BCUT2D eigenvalue weighted by Gasteiger charge is 2.40. The van der Waals surface area contributed by atoms with Gasteiger partial charge in [0, 0.05) is 82.7 Å². The Balaban J connectivity index is 1.52. The Hall–Kier alpha value is -3.79. The summed E-state index contributed by atoms with van der Waals surface area (Å²) in [5, 5.41) is 0. The fourth-order valence-electron chi connectivity index (χ4n) is 6.74. The van der Waals surface area contributed by atoms with Crippen molar-refractivity contribution in [3.8, 4) is 11.5 Å². The molecule has 0 N–H and O–H groups in total. The second-order valence-electron chi connectivity index (χ2n) is 14.4. The van der Waals surface area contributed by atoms with Gasteiger partial charge in [-0.15, -0.1) is 0 Å². The highest BCUT2D eigenvalue weighted by Crippen LogP contribution is 2.32. The Kier molecular flexibility index (Phi) is 12.8. The van der Waals surface area contributed by atoms with Gasteiger partial charge in [-0.1, -0.05) is 24.3 Å². The Labute approximate surface area is 286 Å². The average Bonchev–Trinajstić information content (AvgIpc) is 3.45. The van der Waals surface area contributed by atoms with Crippen molar-refractivity contribution in [2.45, 2.75) is 71.9 Å². The molecule has 3 atom stereocenters. The summed E-state index contributed by atoms with van der Waals surface area (Å²) in [6.45, 7) is 12.4. The lowest BCUT2D eigenvalue weighted by Crippen LogP contribution is -2.44. The van der Waals surface area contributed by atoms with Gasteiger partial charge in [0.25, 0.3) is 5.91 Å². The van der Waals surface area contributed by atoms with Crippen molar-refractivity contribution in [1.82, 2.24) is 14.7 Å². The number of rotatable bonds is 13. The van der Waals surface area contributed by atoms with Crippen molar-refractivity contribution in [2.24, 2.45) is 17.8 Å². The number of methoxy groups -OCH3 is 2. The van der Waals surface area contributed by atoms with E-state index in [1.165, 1.54) is 11.1 Å². The van der Waals surface area contributed by atoms with Gasteiger partial charge in [0.2, 0.25) is 5.91 Å². The lowest BCUT2D eigenvalue weighted by Gasteiger charge is -2.34. The molecule has 1 heterocycles. The van der Waals surface area contributed by atoms with E-state index in [9.17, 15) is 14.4 Å². The Morgan fingerprint density at radius 2 is 1.62 bits per heavy atom. The van der Waals surface area contributed by atoms with Gasteiger partial charge in [0.05, 0.1) is 13.7 Å². The minimum absolute atomic E-state index is 0.0352. The van der Waals surface area contributed by atoms with Gasteiger partial charge in [-0.2, -0.15) is 0 Å². The van der Waals surface area contributed by atoms with Gasteiger partial charge < -0.3 is 33.6 Å². The molecule has 0 bridgehead atoms. The highest BCUT2D eigenvalue weighted by molar-refractivity contribution is 5.95. The lowest BCUT2D eigenvalue weighted by atomic mass is 9.83. The lowest BCUT2D eigenvalue weighted by molar-refractivity contribution is -0.135. The summed E-state index contributed by atoms with van der Waals surface area (Å²) in [6, 6.07) is 13.5. The van der Waals surface area contributed by atoms with Crippen LogP contribution < -0.4 is 9.47 Å². The first-order valence-electron chi connectivity index (χ1n) is 17.2. The largest absolute Gasteiger partial charge is 0.493 e. The Morgan fingerprint density at radius 3 is 2.27 bits per heavy atom. The van der Waals surface area contributed by atoms with Crippen LogP contribution in [0.25, 0.3) is 0 Å². The third-order valence-electron chi connectivity index (χ3n) is 9.29. The maximum absolute atomic E-state index is 14.1. The first kappa shape index (κ1) is 37.0. The topological polar surface area (TPSA) is 97.9 Å². The van der Waals surface area contributed by atoms with Crippen LogP contribution in [0.5, 0.6) is 11.5 Å². The molecule has 4 rings (SSSR count). The van der Waals surface area contributed by atoms with Gasteiger partial charge in [-0.05, 0) is 83.2 Å². The first-order chi connectivity index (χ1) is 22.8. The number of benzene rings is 2. The van der Waals surface area contributed by atoms with Crippen LogP contribution in [0.4, 0.5) is 4.79 Å². The Bertz CT molecular complexity index is 1400. The van der Waals surface area contributed by atoms with Gasteiger partial charge in [0.1, 0.15) is 5.60 Å². The summed E-state index contributed by atoms with van der Waals surface area (Å²) in [5.41, 5.74) is 2.44. The molecule has 2 aromatic carbocycles. The summed E-state index contributed by atoms with van der Waals surface area (Å²) >= 11 is 0. The van der Waals surface area contributed by atoms with E-state index in [0.29, 0.717) is 62.9 Å². The molecule has 3 amide bonds. The number of carbonyl (C=O) groups excluding carboxylic acids is 3. The van der Waals surface area contributed by atoms with Gasteiger partial charge in [-0.3, -0.25) is 9.59 Å². The van der Waals surface area contributed by atoms with Crippen molar-refractivity contribution in [3.05, 3.63) is 59.2 Å². The van der Waals surface area contributed by atoms with Crippen LogP contribution in [0.3, 0.4) is 0 Å². The second-order valence-corrected chi connectivity index (χ2v) is 14.4. The number of fused-ring (bicyclic) bond motifs is 1. The van der Waals surface area contributed by atoms with Crippen LogP contribution >= 0.6 is 0 Å². The molecule has 2 aliphatic rings. The summed E-state index contributed by atoms with van der Waals surface area (Å²) in [5.74, 6) is 0.894. The first-order valence-corrected chi connectivity index (χ1v) is 17.2. The Morgan fingerprint density at radius 1 is 0.938 bits per heavy atom. The van der Waals surface area contributed by atoms with Crippen LogP contribution in [0.1, 0.15) is 68.9 Å². The normalized spacial score (nSPS) is 19.1. The molecule has 0 saturated carbocycles. The van der Waals surface area contributed by atoms with Crippen LogP contribution in [-0.2, 0) is 27.1 Å². The fourth-order valence-corrected chi connectivity index (χ4v) is 6.74. The second kappa shape index (κ2) is 16.5. The van der Waals surface area contributed by atoms with Crippen molar-refractivity contribution in [3.63, 3.8) is 0 Å². The molecule has 1 aliphatic carbocycles. The standard InChI is InChI=1S/C38H55N3O7/c1-26(2)41(36(43)30-16-17-33(46-8)34(21-30)47-19-11-18-45-7)25-32-24-40(37(44)48-38(3,4)5)23-31(32)22-39(6)35(42)29-15-14-27-12-9-10-13-28(27)20-29/h9-10,12-13,16-17,21,26,29,31-32H,11,14-15,18-20,22-25H2,1-8H3/t29?,31-,32+/m1/s1. The molecule has 2 aromatic rings. The van der Waals surface area contributed by atoms with E-state index in [1.807, 2.05) is 57.5 Å². The zero-order chi connectivity index (χ0) is 35.0. The van der Waals surface area contributed by atoms with E-state index in [4.69, 9.17) is 18.9 Å². The van der Waals surface area contributed by atoms with E-state index < -0.39 is 5.60 Å². The SMILES string of the molecule is COCCCOc1cc(C(=O)N(C[C@@H]2CN(C(=O)OC(C)(C)C)C[C@H]2CN(C)C(=O)C2CCc3ccccc3C2)C(C)C)ccc1OC. The number of ether oxygens (including phenoxy) is 4. The van der Waals surface area contributed by atoms with Gasteiger partial charge in [-0.25, -0.2) is 4.79 Å². The summed E-state index contributed by atoms with van der Waals surface area (Å²) in [7, 11) is 5.09.